The normalized spacial score (nSPS) is 22.7. The summed E-state index contributed by atoms with van der Waals surface area (Å²) < 4.78 is 22.2. The topological polar surface area (TPSA) is 61.0 Å². The smallest absolute Gasteiger partial charge is 0.231 e. The van der Waals surface area contributed by atoms with Crippen molar-refractivity contribution in [3.8, 4) is 23.0 Å². The Morgan fingerprint density at radius 1 is 0.812 bits per heavy atom. The molecule has 0 unspecified atom stereocenters. The van der Waals surface area contributed by atoms with Crippen molar-refractivity contribution < 1.29 is 18.9 Å². The molecule has 2 aromatic rings. The lowest BCUT2D eigenvalue weighted by Crippen LogP contribution is -2.44. The zero-order valence-electron chi connectivity index (χ0n) is 17.6. The molecule has 0 bridgehead atoms. The highest BCUT2D eigenvalue weighted by Crippen LogP contribution is 2.41. The van der Waals surface area contributed by atoms with E-state index in [1.807, 2.05) is 18.2 Å². The number of benzene rings is 2. The van der Waals surface area contributed by atoms with Gasteiger partial charge in [0.05, 0.1) is 6.04 Å². The fourth-order valence-electron chi connectivity index (χ4n) is 4.81. The average molecular weight is 449 g/mol. The van der Waals surface area contributed by atoms with Gasteiger partial charge in [-0.25, -0.2) is 0 Å². The molecule has 6 nitrogen and oxygen atoms in total. The Bertz CT molecular complexity index is 1160. The summed E-state index contributed by atoms with van der Waals surface area (Å²) in [5.74, 6) is 3.18. The maximum Gasteiger partial charge on any atom is 0.231 e. The highest BCUT2D eigenvalue weighted by Gasteiger charge is 2.30. The molecular weight excluding hydrogens is 424 g/mol. The minimum atomic E-state index is 0.00602. The zero-order valence-corrected chi connectivity index (χ0v) is 18.4. The first-order valence-corrected chi connectivity index (χ1v) is 11.5. The van der Waals surface area contributed by atoms with Crippen LogP contribution in [-0.2, 0) is 0 Å². The van der Waals surface area contributed by atoms with Gasteiger partial charge < -0.3 is 29.6 Å². The standard InChI is InChI=1S/C25H24N2O4S/c32-25-26-23-16(10-15-6-8-19-21(11-15)30-13-28-19)4-2-1-3-5-18(23)24(27-25)17-7-9-20-22(12-17)31-14-29-20/h6-12,24H,1-5,13-14H2,(H2,26,27,32)/b16-10+/t24-/m1/s1. The molecule has 32 heavy (non-hydrogen) atoms. The number of rotatable bonds is 2. The van der Waals surface area contributed by atoms with Gasteiger partial charge in [-0.05, 0) is 90.5 Å². The summed E-state index contributed by atoms with van der Waals surface area (Å²) in [6.45, 7) is 0.552. The van der Waals surface area contributed by atoms with Crippen molar-refractivity contribution in [2.45, 2.75) is 38.1 Å². The molecule has 3 heterocycles. The minimum Gasteiger partial charge on any atom is -0.454 e. The second-order valence-electron chi connectivity index (χ2n) is 8.39. The van der Waals surface area contributed by atoms with Crippen LogP contribution in [0.15, 0.2) is 53.2 Å². The maximum atomic E-state index is 5.63. The van der Waals surface area contributed by atoms with Crippen molar-refractivity contribution in [3.63, 3.8) is 0 Å². The van der Waals surface area contributed by atoms with E-state index in [1.54, 1.807) is 0 Å². The summed E-state index contributed by atoms with van der Waals surface area (Å²) >= 11 is 5.63. The lowest BCUT2D eigenvalue weighted by atomic mass is 9.85. The molecule has 0 saturated heterocycles. The van der Waals surface area contributed by atoms with Crippen LogP contribution in [0.4, 0.5) is 0 Å². The van der Waals surface area contributed by atoms with Gasteiger partial charge in [0.25, 0.3) is 0 Å². The summed E-state index contributed by atoms with van der Waals surface area (Å²) in [6, 6.07) is 12.3. The Hall–Kier alpha value is -3.19. The first kappa shape index (κ1) is 19.5. The Kier molecular flexibility index (Phi) is 4.91. The number of ether oxygens (including phenoxy) is 4. The molecule has 7 heteroatoms. The molecule has 2 aromatic carbocycles. The van der Waals surface area contributed by atoms with Crippen LogP contribution in [-0.4, -0.2) is 18.7 Å². The van der Waals surface area contributed by atoms with Crippen LogP contribution in [0.2, 0.25) is 0 Å². The predicted molar refractivity (Wildman–Crippen MR) is 125 cm³/mol. The van der Waals surface area contributed by atoms with Gasteiger partial charge in [0, 0.05) is 5.70 Å². The van der Waals surface area contributed by atoms with Crippen molar-refractivity contribution in [1.29, 1.82) is 0 Å². The average Bonchev–Trinajstić information content (AvgIpc) is 3.45. The van der Waals surface area contributed by atoms with Crippen LogP contribution in [0.25, 0.3) is 6.08 Å². The van der Waals surface area contributed by atoms with E-state index in [0.29, 0.717) is 5.11 Å². The van der Waals surface area contributed by atoms with E-state index >= 15 is 0 Å². The van der Waals surface area contributed by atoms with Crippen LogP contribution in [0.5, 0.6) is 23.0 Å². The third-order valence-electron chi connectivity index (χ3n) is 6.36. The van der Waals surface area contributed by atoms with Crippen molar-refractivity contribution >= 4 is 23.4 Å². The van der Waals surface area contributed by atoms with E-state index in [1.165, 1.54) is 17.6 Å². The molecule has 3 aliphatic heterocycles. The second-order valence-corrected chi connectivity index (χ2v) is 8.80. The van der Waals surface area contributed by atoms with Gasteiger partial charge in [0.1, 0.15) is 0 Å². The van der Waals surface area contributed by atoms with E-state index in [4.69, 9.17) is 31.2 Å². The number of hydrogen-bond donors (Lipinski definition) is 2. The number of fused-ring (bicyclic) bond motifs is 2. The molecule has 1 atom stereocenters. The lowest BCUT2D eigenvalue weighted by molar-refractivity contribution is 0.173. The van der Waals surface area contributed by atoms with Gasteiger partial charge >= 0.3 is 0 Å². The first-order valence-electron chi connectivity index (χ1n) is 11.1. The molecule has 0 aromatic heterocycles. The fourth-order valence-corrected chi connectivity index (χ4v) is 5.03. The highest BCUT2D eigenvalue weighted by molar-refractivity contribution is 7.80. The molecule has 1 aliphatic carbocycles. The molecule has 4 aliphatic rings. The van der Waals surface area contributed by atoms with Crippen molar-refractivity contribution in [1.82, 2.24) is 10.6 Å². The van der Waals surface area contributed by atoms with Gasteiger partial charge in [0.2, 0.25) is 13.6 Å². The summed E-state index contributed by atoms with van der Waals surface area (Å²) in [7, 11) is 0. The van der Waals surface area contributed by atoms with Gasteiger partial charge in [-0.15, -0.1) is 0 Å². The van der Waals surface area contributed by atoms with Crippen LogP contribution in [0, 0.1) is 0 Å². The Morgan fingerprint density at radius 2 is 1.53 bits per heavy atom. The van der Waals surface area contributed by atoms with E-state index < -0.39 is 0 Å². The van der Waals surface area contributed by atoms with E-state index in [9.17, 15) is 0 Å². The predicted octanol–water partition coefficient (Wildman–Crippen LogP) is 4.96. The van der Waals surface area contributed by atoms with Gasteiger partial charge in [-0.2, -0.15) is 0 Å². The zero-order chi connectivity index (χ0) is 21.5. The first-order chi connectivity index (χ1) is 15.7. The number of allylic oxidation sites excluding steroid dienone is 1. The maximum absolute atomic E-state index is 5.63. The van der Waals surface area contributed by atoms with Gasteiger partial charge in [-0.3, -0.25) is 0 Å². The Morgan fingerprint density at radius 3 is 2.38 bits per heavy atom. The van der Waals surface area contributed by atoms with Gasteiger partial charge in [-0.1, -0.05) is 18.6 Å². The molecule has 0 spiro atoms. The van der Waals surface area contributed by atoms with E-state index in [2.05, 4.69) is 34.9 Å². The van der Waals surface area contributed by atoms with Crippen LogP contribution in [0.1, 0.15) is 49.3 Å². The van der Waals surface area contributed by atoms with Crippen LogP contribution in [0.3, 0.4) is 0 Å². The highest BCUT2D eigenvalue weighted by atomic mass is 32.1. The van der Waals surface area contributed by atoms with E-state index in [-0.39, 0.29) is 19.6 Å². The molecule has 0 radical (unpaired) electrons. The molecule has 0 fully saturated rings. The quantitative estimate of drug-likeness (QED) is 0.630. The van der Waals surface area contributed by atoms with Gasteiger partial charge in [0.15, 0.2) is 28.1 Å². The van der Waals surface area contributed by atoms with Crippen molar-refractivity contribution in [2.24, 2.45) is 0 Å². The largest absolute Gasteiger partial charge is 0.454 e. The molecule has 0 amide bonds. The summed E-state index contributed by atoms with van der Waals surface area (Å²) in [5.41, 5.74) is 5.99. The SMILES string of the molecule is S=C1NC2=C(CCCCC/C2=C\c2ccc3c(c2)OCO3)[C@@H](c2ccc3c(c2)OCO3)N1. The summed E-state index contributed by atoms with van der Waals surface area (Å²) in [5, 5.41) is 7.61. The molecule has 164 valence electrons. The summed E-state index contributed by atoms with van der Waals surface area (Å²) in [4.78, 5) is 0. The Labute approximate surface area is 192 Å². The third kappa shape index (κ3) is 3.56. The molecule has 0 saturated carbocycles. The molecule has 2 N–H and O–H groups in total. The number of thiocarbonyl (C=S) groups is 1. The number of hydrogen-bond acceptors (Lipinski definition) is 5. The Balaban J connectivity index is 1.42. The minimum absolute atomic E-state index is 0.00602. The fraction of sp³-hybridized carbons (Fsp3) is 0.320. The monoisotopic (exact) mass is 448 g/mol. The third-order valence-corrected chi connectivity index (χ3v) is 6.58. The van der Waals surface area contributed by atoms with E-state index in [0.717, 1.165) is 65.5 Å². The molecular formula is C25H24N2O4S. The van der Waals surface area contributed by atoms with Crippen molar-refractivity contribution in [3.05, 3.63) is 64.4 Å². The second kappa shape index (κ2) is 8.06. The van der Waals surface area contributed by atoms with Crippen LogP contribution >= 0.6 is 12.2 Å². The van der Waals surface area contributed by atoms with Crippen LogP contribution < -0.4 is 29.6 Å². The lowest BCUT2D eigenvalue weighted by Gasteiger charge is -2.34. The summed E-state index contributed by atoms with van der Waals surface area (Å²) in [6.07, 6.45) is 7.77. The van der Waals surface area contributed by atoms with Crippen molar-refractivity contribution in [2.75, 3.05) is 13.6 Å². The number of nitrogens with one attached hydrogen (secondary N) is 2. The molecule has 6 rings (SSSR count).